The van der Waals surface area contributed by atoms with Gasteiger partial charge in [0.1, 0.15) is 11.5 Å². The number of aryl methyl sites for hydroxylation is 1. The van der Waals surface area contributed by atoms with Crippen LogP contribution in [0.1, 0.15) is 38.7 Å². The highest BCUT2D eigenvalue weighted by Gasteiger charge is 2.30. The Morgan fingerprint density at radius 3 is 2.29 bits per heavy atom. The highest BCUT2D eigenvalue weighted by atomic mass is 16.5. The van der Waals surface area contributed by atoms with Crippen LogP contribution in [0.15, 0.2) is 132 Å². The number of nitrogens with zero attached hydrogens (tertiary/aromatic N) is 1. The van der Waals surface area contributed by atoms with E-state index in [0.29, 0.717) is 35.2 Å². The maximum absolute atomic E-state index is 14.1. The summed E-state index contributed by atoms with van der Waals surface area (Å²) in [5.41, 5.74) is 6.73. The number of methoxy groups -OCH3 is 1. The molecule has 0 radical (unpaired) electrons. The van der Waals surface area contributed by atoms with E-state index in [0.717, 1.165) is 38.9 Å². The molecule has 7 nitrogen and oxygen atoms in total. The fourth-order valence-corrected chi connectivity index (χ4v) is 6.65. The van der Waals surface area contributed by atoms with E-state index in [-0.39, 0.29) is 22.8 Å². The Morgan fingerprint density at radius 1 is 0.833 bits per heavy atom. The molecule has 1 atom stereocenters. The van der Waals surface area contributed by atoms with Crippen molar-refractivity contribution in [1.29, 1.82) is 0 Å². The van der Waals surface area contributed by atoms with Crippen molar-refractivity contribution in [2.24, 2.45) is 7.05 Å². The van der Waals surface area contributed by atoms with E-state index in [1.165, 1.54) is 0 Å². The molecule has 5 aromatic carbocycles. The predicted octanol–water partition coefficient (Wildman–Crippen LogP) is 7.55. The van der Waals surface area contributed by atoms with Gasteiger partial charge in [-0.25, -0.2) is 0 Å². The summed E-state index contributed by atoms with van der Waals surface area (Å²) in [6.07, 6.45) is 0.488. The van der Waals surface area contributed by atoms with Crippen LogP contribution in [0.25, 0.3) is 32.9 Å². The smallest absolute Gasteiger partial charge is 0.258 e. The predicted molar refractivity (Wildman–Crippen MR) is 191 cm³/mol. The fourth-order valence-electron chi connectivity index (χ4n) is 6.65. The number of para-hydroxylation sites is 2. The number of amides is 1. The van der Waals surface area contributed by atoms with Crippen LogP contribution >= 0.6 is 0 Å². The van der Waals surface area contributed by atoms with Crippen LogP contribution in [0, 0.1) is 0 Å². The number of aromatic nitrogens is 2. The van der Waals surface area contributed by atoms with E-state index in [1.54, 1.807) is 18.7 Å². The van der Waals surface area contributed by atoms with E-state index in [4.69, 9.17) is 4.74 Å². The Morgan fingerprint density at radius 2 is 1.52 bits per heavy atom. The highest BCUT2D eigenvalue weighted by molar-refractivity contribution is 5.95. The second-order valence-corrected chi connectivity index (χ2v) is 11.9. The molecule has 0 spiro atoms. The van der Waals surface area contributed by atoms with Crippen molar-refractivity contribution in [2.45, 2.75) is 12.3 Å². The topological polar surface area (TPSA) is 96.3 Å². The third-order valence-electron chi connectivity index (χ3n) is 9.08. The summed E-state index contributed by atoms with van der Waals surface area (Å²) in [6, 6.07) is 40.5. The number of fused-ring (bicyclic) bond motifs is 2. The highest BCUT2D eigenvalue weighted by Crippen LogP contribution is 2.41. The quantitative estimate of drug-likeness (QED) is 0.153. The molecular formula is C41H35N3O4. The number of aromatic amines is 1. The van der Waals surface area contributed by atoms with Gasteiger partial charge in [-0.1, -0.05) is 84.9 Å². The van der Waals surface area contributed by atoms with E-state index in [2.05, 4.69) is 10.3 Å². The molecule has 2 aromatic heterocycles. The zero-order valence-corrected chi connectivity index (χ0v) is 26.7. The van der Waals surface area contributed by atoms with Crippen LogP contribution in [0.2, 0.25) is 0 Å². The average molecular weight is 634 g/mol. The van der Waals surface area contributed by atoms with Crippen molar-refractivity contribution in [3.63, 3.8) is 0 Å². The lowest BCUT2D eigenvalue weighted by molar-refractivity contribution is 0.0954. The molecule has 0 aliphatic heterocycles. The molecule has 0 bridgehead atoms. The number of ether oxygens (including phenoxy) is 1. The minimum Gasteiger partial charge on any atom is -0.507 e. The van der Waals surface area contributed by atoms with Crippen LogP contribution < -0.4 is 15.6 Å². The van der Waals surface area contributed by atoms with E-state index in [1.807, 2.05) is 127 Å². The summed E-state index contributed by atoms with van der Waals surface area (Å²) < 4.78 is 7.17. The van der Waals surface area contributed by atoms with Crippen molar-refractivity contribution in [3.8, 4) is 22.6 Å². The lowest BCUT2D eigenvalue weighted by Crippen LogP contribution is -2.27. The number of nitrogens with one attached hydrogen (secondary N) is 2. The number of aromatic hydroxyl groups is 1. The summed E-state index contributed by atoms with van der Waals surface area (Å²) in [5, 5.41) is 16.5. The minimum absolute atomic E-state index is 0.0571. The molecule has 1 unspecified atom stereocenters. The minimum atomic E-state index is -0.660. The molecule has 0 fully saturated rings. The molecule has 48 heavy (non-hydrogen) atoms. The number of hydrogen-bond donors (Lipinski definition) is 3. The van der Waals surface area contributed by atoms with Gasteiger partial charge >= 0.3 is 0 Å². The number of rotatable bonds is 9. The molecule has 3 N–H and O–H groups in total. The first-order chi connectivity index (χ1) is 23.4. The zero-order valence-electron chi connectivity index (χ0n) is 26.7. The number of H-pyrrole nitrogens is 1. The molecule has 0 aliphatic carbocycles. The Bertz CT molecular complexity index is 2320. The van der Waals surface area contributed by atoms with Crippen molar-refractivity contribution in [3.05, 3.63) is 166 Å². The van der Waals surface area contributed by atoms with Gasteiger partial charge < -0.3 is 24.7 Å². The van der Waals surface area contributed by atoms with Crippen LogP contribution in [0.4, 0.5) is 0 Å². The lowest BCUT2D eigenvalue weighted by Gasteiger charge is -2.22. The Balaban J connectivity index is 1.28. The van der Waals surface area contributed by atoms with Crippen LogP contribution in [0.5, 0.6) is 11.5 Å². The van der Waals surface area contributed by atoms with Crippen molar-refractivity contribution in [2.75, 3.05) is 13.7 Å². The van der Waals surface area contributed by atoms with Crippen LogP contribution in [-0.4, -0.2) is 34.2 Å². The third kappa shape index (κ3) is 5.60. The van der Waals surface area contributed by atoms with Gasteiger partial charge in [0, 0.05) is 41.1 Å². The summed E-state index contributed by atoms with van der Waals surface area (Å²) in [5.74, 6) is -0.246. The number of carbonyl (C=O) groups excluding carboxylic acids is 1. The molecule has 1 amide bonds. The van der Waals surface area contributed by atoms with E-state index >= 15 is 0 Å². The van der Waals surface area contributed by atoms with Gasteiger partial charge in [-0.05, 0) is 71.1 Å². The number of pyridine rings is 1. The van der Waals surface area contributed by atoms with Gasteiger partial charge in [0.15, 0.2) is 0 Å². The number of carbonyl (C=O) groups is 1. The molecule has 7 rings (SSSR count). The summed E-state index contributed by atoms with van der Waals surface area (Å²) in [4.78, 5) is 31.0. The van der Waals surface area contributed by atoms with Gasteiger partial charge in [0.25, 0.3) is 11.5 Å². The maximum Gasteiger partial charge on any atom is 0.258 e. The fraction of sp³-hybridized carbons (Fsp3) is 0.122. The van der Waals surface area contributed by atoms with Gasteiger partial charge in [-0.15, -0.1) is 0 Å². The van der Waals surface area contributed by atoms with Crippen LogP contribution in [0.3, 0.4) is 0 Å². The number of benzene rings is 5. The second-order valence-electron chi connectivity index (χ2n) is 11.9. The van der Waals surface area contributed by atoms with Crippen molar-refractivity contribution < 1.29 is 14.6 Å². The van der Waals surface area contributed by atoms with Crippen molar-refractivity contribution in [1.82, 2.24) is 14.9 Å². The van der Waals surface area contributed by atoms with Crippen LogP contribution in [-0.2, 0) is 13.5 Å². The van der Waals surface area contributed by atoms with E-state index < -0.39 is 5.92 Å². The second kappa shape index (κ2) is 13.0. The van der Waals surface area contributed by atoms with Gasteiger partial charge in [0.2, 0.25) is 0 Å². The van der Waals surface area contributed by atoms with Gasteiger partial charge in [0.05, 0.1) is 24.1 Å². The molecular weight excluding hydrogens is 598 g/mol. The Hall–Kier alpha value is -6.08. The Kier molecular flexibility index (Phi) is 8.26. The number of hydrogen-bond acceptors (Lipinski definition) is 4. The summed E-state index contributed by atoms with van der Waals surface area (Å²) in [7, 11) is 3.33. The van der Waals surface area contributed by atoms with Gasteiger partial charge in [-0.3, -0.25) is 9.59 Å². The SMILES string of the molecule is COc1cccc(C(c2[nH]c3ccccc3c2CCNC(=O)c2ccc(-c3ccccc3)cc2)c2c(O)c3ccccc3n(C)c2=O)c1. The molecule has 2 heterocycles. The zero-order chi connectivity index (χ0) is 33.2. The first-order valence-corrected chi connectivity index (χ1v) is 15.9. The maximum atomic E-state index is 14.1. The molecule has 0 aliphatic rings. The lowest BCUT2D eigenvalue weighted by atomic mass is 9.85. The largest absolute Gasteiger partial charge is 0.507 e. The molecule has 238 valence electrons. The van der Waals surface area contributed by atoms with E-state index in [9.17, 15) is 14.7 Å². The summed E-state index contributed by atoms with van der Waals surface area (Å²) in [6.45, 7) is 0.362. The molecule has 0 saturated carbocycles. The molecule has 7 aromatic rings. The standard InChI is InChI=1S/C41H35N3O4/c1-44-35-18-9-7-16-33(35)39(45)37(41(44)47)36(29-13-10-14-30(25-29)48-2)38-32(31-15-6-8-17-34(31)43-38)23-24-42-40(46)28-21-19-27(20-22-28)26-11-4-3-5-12-26/h3-22,25,36,43,45H,23-24H2,1-2H3,(H,42,46). The normalized spacial score (nSPS) is 11.9. The summed E-state index contributed by atoms with van der Waals surface area (Å²) >= 11 is 0. The first kappa shape index (κ1) is 30.6. The van der Waals surface area contributed by atoms with Crippen molar-refractivity contribution >= 4 is 27.7 Å². The third-order valence-corrected chi connectivity index (χ3v) is 9.08. The molecule has 0 saturated heterocycles. The monoisotopic (exact) mass is 633 g/mol. The molecule has 7 heteroatoms. The van der Waals surface area contributed by atoms with Gasteiger partial charge in [-0.2, -0.15) is 0 Å². The average Bonchev–Trinajstić information content (AvgIpc) is 3.50. The Labute approximate surface area is 278 Å². The first-order valence-electron chi connectivity index (χ1n) is 15.9.